The van der Waals surface area contributed by atoms with E-state index >= 15 is 0 Å². The van der Waals surface area contributed by atoms with Crippen LogP contribution in [-0.2, 0) is 0 Å². The van der Waals surface area contributed by atoms with Gasteiger partial charge in [0.25, 0.3) is 0 Å². The van der Waals surface area contributed by atoms with Crippen molar-refractivity contribution in [3.05, 3.63) is 12.4 Å². The van der Waals surface area contributed by atoms with Crippen molar-refractivity contribution in [1.29, 1.82) is 0 Å². The molecule has 0 radical (unpaired) electrons. The second-order valence-electron chi connectivity index (χ2n) is 5.01. The first-order valence-electron chi connectivity index (χ1n) is 6.46. The van der Waals surface area contributed by atoms with Gasteiger partial charge in [-0.25, -0.2) is 0 Å². The molecule has 2 N–H and O–H groups in total. The van der Waals surface area contributed by atoms with Crippen LogP contribution in [0.2, 0.25) is 0 Å². The maximum atomic E-state index is 5.64. The van der Waals surface area contributed by atoms with Crippen molar-refractivity contribution < 1.29 is 4.74 Å². The van der Waals surface area contributed by atoms with E-state index in [-0.39, 0.29) is 6.10 Å². The molecule has 0 spiro atoms. The number of aromatic nitrogens is 2. The summed E-state index contributed by atoms with van der Waals surface area (Å²) in [4.78, 5) is 10.8. The Bertz CT molecular complexity index is 355. The average molecular weight is 252 g/mol. The van der Waals surface area contributed by atoms with E-state index in [0.29, 0.717) is 18.3 Å². The summed E-state index contributed by atoms with van der Waals surface area (Å²) < 4.78 is 5.56. The summed E-state index contributed by atoms with van der Waals surface area (Å²) in [5, 5.41) is 0. The molecule has 1 rings (SSSR count). The molecule has 0 atom stereocenters. The van der Waals surface area contributed by atoms with Gasteiger partial charge in [-0.05, 0) is 19.8 Å². The SMILES string of the molecule is CC(C)CN(CCN)c1cncc(OC(C)C)n1. The molecular weight excluding hydrogens is 228 g/mol. The first-order valence-corrected chi connectivity index (χ1v) is 6.46. The summed E-state index contributed by atoms with van der Waals surface area (Å²) in [5.74, 6) is 1.94. The van der Waals surface area contributed by atoms with Gasteiger partial charge in [0.05, 0.1) is 18.5 Å². The maximum absolute atomic E-state index is 5.64. The molecule has 5 nitrogen and oxygen atoms in total. The lowest BCUT2D eigenvalue weighted by Gasteiger charge is -2.25. The highest BCUT2D eigenvalue weighted by Gasteiger charge is 2.11. The second-order valence-corrected chi connectivity index (χ2v) is 5.01. The standard InChI is InChI=1S/C13H24N4O/c1-10(2)9-17(6-5-14)12-7-15-8-13(16-12)18-11(3)4/h7-8,10-11H,5-6,9,14H2,1-4H3. The Hall–Kier alpha value is -1.36. The molecule has 0 fully saturated rings. The van der Waals surface area contributed by atoms with Crippen molar-refractivity contribution in [2.45, 2.75) is 33.8 Å². The Morgan fingerprint density at radius 1 is 1.28 bits per heavy atom. The van der Waals surface area contributed by atoms with E-state index in [0.717, 1.165) is 18.9 Å². The zero-order chi connectivity index (χ0) is 13.5. The fraction of sp³-hybridized carbons (Fsp3) is 0.692. The third-order valence-electron chi connectivity index (χ3n) is 2.26. The molecular formula is C13H24N4O. The van der Waals surface area contributed by atoms with E-state index in [1.165, 1.54) is 0 Å². The molecule has 0 saturated carbocycles. The number of nitrogens with zero attached hydrogens (tertiary/aromatic N) is 3. The van der Waals surface area contributed by atoms with Crippen molar-refractivity contribution in [1.82, 2.24) is 9.97 Å². The Balaban J connectivity index is 2.83. The number of nitrogens with two attached hydrogens (primary N) is 1. The minimum Gasteiger partial charge on any atom is -0.474 e. The maximum Gasteiger partial charge on any atom is 0.234 e. The van der Waals surface area contributed by atoms with Gasteiger partial charge in [-0.15, -0.1) is 0 Å². The minimum atomic E-state index is 0.0996. The van der Waals surface area contributed by atoms with Crippen LogP contribution in [0, 0.1) is 5.92 Å². The molecule has 0 aromatic carbocycles. The Morgan fingerprint density at radius 3 is 2.56 bits per heavy atom. The van der Waals surface area contributed by atoms with Crippen molar-refractivity contribution >= 4 is 5.82 Å². The molecule has 0 unspecified atom stereocenters. The zero-order valence-corrected chi connectivity index (χ0v) is 11.8. The van der Waals surface area contributed by atoms with Crippen LogP contribution in [0.15, 0.2) is 12.4 Å². The van der Waals surface area contributed by atoms with E-state index in [1.807, 2.05) is 13.8 Å². The molecule has 0 saturated heterocycles. The second kappa shape index (κ2) is 7.16. The van der Waals surface area contributed by atoms with Crippen molar-refractivity contribution in [2.75, 3.05) is 24.5 Å². The number of rotatable bonds is 7. The minimum absolute atomic E-state index is 0.0996. The predicted molar refractivity (Wildman–Crippen MR) is 73.9 cm³/mol. The molecule has 1 aromatic rings. The fourth-order valence-corrected chi connectivity index (χ4v) is 1.68. The zero-order valence-electron chi connectivity index (χ0n) is 11.8. The molecule has 1 heterocycles. The lowest BCUT2D eigenvalue weighted by molar-refractivity contribution is 0.231. The monoisotopic (exact) mass is 252 g/mol. The van der Waals surface area contributed by atoms with Crippen molar-refractivity contribution in [2.24, 2.45) is 11.7 Å². The smallest absolute Gasteiger partial charge is 0.234 e. The molecule has 0 aliphatic heterocycles. The molecule has 18 heavy (non-hydrogen) atoms. The third-order valence-corrected chi connectivity index (χ3v) is 2.26. The van der Waals surface area contributed by atoms with E-state index in [1.54, 1.807) is 12.4 Å². The normalized spacial score (nSPS) is 11.1. The first kappa shape index (κ1) is 14.7. The molecule has 102 valence electrons. The first-order chi connectivity index (χ1) is 8.52. The van der Waals surface area contributed by atoms with E-state index in [2.05, 4.69) is 28.7 Å². The van der Waals surface area contributed by atoms with Gasteiger partial charge in [0.1, 0.15) is 0 Å². The lowest BCUT2D eigenvalue weighted by Crippen LogP contribution is -2.33. The van der Waals surface area contributed by atoms with Gasteiger partial charge in [0.15, 0.2) is 5.82 Å². The van der Waals surface area contributed by atoms with Crippen LogP contribution >= 0.6 is 0 Å². The van der Waals surface area contributed by atoms with Crippen LogP contribution in [0.4, 0.5) is 5.82 Å². The third kappa shape index (κ3) is 4.87. The van der Waals surface area contributed by atoms with E-state index in [4.69, 9.17) is 10.5 Å². The van der Waals surface area contributed by atoms with Crippen LogP contribution in [0.25, 0.3) is 0 Å². The van der Waals surface area contributed by atoms with Gasteiger partial charge >= 0.3 is 0 Å². The molecule has 1 aromatic heterocycles. The van der Waals surface area contributed by atoms with Gasteiger partial charge in [0, 0.05) is 19.6 Å². The van der Waals surface area contributed by atoms with Gasteiger partial charge in [0.2, 0.25) is 5.88 Å². The van der Waals surface area contributed by atoms with E-state index in [9.17, 15) is 0 Å². The van der Waals surface area contributed by atoms with Crippen LogP contribution in [0.3, 0.4) is 0 Å². The number of ether oxygens (including phenoxy) is 1. The summed E-state index contributed by atoms with van der Waals surface area (Å²) in [5.41, 5.74) is 5.64. The highest BCUT2D eigenvalue weighted by atomic mass is 16.5. The van der Waals surface area contributed by atoms with Crippen LogP contribution in [0.1, 0.15) is 27.7 Å². The Kier molecular flexibility index (Phi) is 5.85. The molecule has 0 bridgehead atoms. The van der Waals surface area contributed by atoms with Crippen LogP contribution < -0.4 is 15.4 Å². The summed E-state index contributed by atoms with van der Waals surface area (Å²) in [6.45, 7) is 10.6. The number of hydrogen-bond acceptors (Lipinski definition) is 5. The highest BCUT2D eigenvalue weighted by Crippen LogP contribution is 2.16. The lowest BCUT2D eigenvalue weighted by atomic mass is 10.2. The van der Waals surface area contributed by atoms with Gasteiger partial charge in [-0.1, -0.05) is 13.8 Å². The largest absolute Gasteiger partial charge is 0.474 e. The van der Waals surface area contributed by atoms with Crippen molar-refractivity contribution in [3.63, 3.8) is 0 Å². The highest BCUT2D eigenvalue weighted by molar-refractivity contribution is 5.37. The van der Waals surface area contributed by atoms with Crippen LogP contribution in [0.5, 0.6) is 5.88 Å². The number of hydrogen-bond donors (Lipinski definition) is 1. The Labute approximate surface area is 109 Å². The van der Waals surface area contributed by atoms with Crippen LogP contribution in [-0.4, -0.2) is 35.7 Å². The summed E-state index contributed by atoms with van der Waals surface area (Å²) >= 11 is 0. The van der Waals surface area contributed by atoms with Gasteiger partial charge < -0.3 is 15.4 Å². The Morgan fingerprint density at radius 2 is 2.00 bits per heavy atom. The van der Waals surface area contributed by atoms with Gasteiger partial charge in [-0.2, -0.15) is 4.98 Å². The molecule has 0 amide bonds. The summed E-state index contributed by atoms with van der Waals surface area (Å²) in [7, 11) is 0. The summed E-state index contributed by atoms with van der Waals surface area (Å²) in [6.07, 6.45) is 3.49. The molecule has 5 heteroatoms. The predicted octanol–water partition coefficient (Wildman–Crippen LogP) is 1.68. The topological polar surface area (TPSA) is 64.3 Å². The average Bonchev–Trinajstić information content (AvgIpc) is 2.27. The quantitative estimate of drug-likeness (QED) is 0.800. The molecule has 0 aliphatic carbocycles. The van der Waals surface area contributed by atoms with E-state index < -0.39 is 0 Å². The number of anilines is 1. The molecule has 0 aliphatic rings. The summed E-state index contributed by atoms with van der Waals surface area (Å²) in [6, 6.07) is 0. The van der Waals surface area contributed by atoms with Gasteiger partial charge in [-0.3, -0.25) is 4.98 Å². The van der Waals surface area contributed by atoms with Crippen molar-refractivity contribution in [3.8, 4) is 5.88 Å². The fourth-order valence-electron chi connectivity index (χ4n) is 1.68.